The van der Waals surface area contributed by atoms with Crippen molar-refractivity contribution in [1.82, 2.24) is 20.3 Å². The van der Waals surface area contributed by atoms with E-state index in [9.17, 15) is 9.18 Å². The van der Waals surface area contributed by atoms with Gasteiger partial charge in [0.2, 0.25) is 5.95 Å². The lowest BCUT2D eigenvalue weighted by Gasteiger charge is -2.04. The van der Waals surface area contributed by atoms with Crippen LogP contribution in [0.1, 0.15) is 21.6 Å². The molecule has 122 valence electrons. The van der Waals surface area contributed by atoms with Gasteiger partial charge in [0.15, 0.2) is 0 Å². The van der Waals surface area contributed by atoms with Gasteiger partial charge in [-0.3, -0.25) is 4.79 Å². The summed E-state index contributed by atoms with van der Waals surface area (Å²) in [4.78, 5) is 23.3. The van der Waals surface area contributed by atoms with Crippen LogP contribution >= 0.6 is 0 Å². The van der Waals surface area contributed by atoms with Gasteiger partial charge in [0.25, 0.3) is 5.91 Å². The minimum absolute atomic E-state index is 0.180. The van der Waals surface area contributed by atoms with Crippen LogP contribution in [0.5, 0.6) is 0 Å². The molecule has 6 nitrogen and oxygen atoms in total. The Balaban J connectivity index is 1.71. The van der Waals surface area contributed by atoms with Crippen LogP contribution in [0.2, 0.25) is 0 Å². The van der Waals surface area contributed by atoms with Gasteiger partial charge in [-0.2, -0.15) is 0 Å². The van der Waals surface area contributed by atoms with E-state index in [1.54, 1.807) is 30.6 Å². The molecule has 2 aromatic heterocycles. The number of anilines is 1. The van der Waals surface area contributed by atoms with Gasteiger partial charge >= 0.3 is 0 Å². The van der Waals surface area contributed by atoms with E-state index in [1.807, 2.05) is 6.92 Å². The predicted octanol–water partition coefficient (Wildman–Crippen LogP) is 2.43. The second-order valence-electron chi connectivity index (χ2n) is 5.37. The Labute approximate surface area is 138 Å². The van der Waals surface area contributed by atoms with Crippen molar-refractivity contribution < 1.29 is 9.18 Å². The van der Waals surface area contributed by atoms with Gasteiger partial charge in [-0.05, 0) is 36.2 Å². The molecule has 0 saturated heterocycles. The predicted molar refractivity (Wildman–Crippen MR) is 88.5 cm³/mol. The molecule has 0 unspecified atom stereocenters. The van der Waals surface area contributed by atoms with Crippen molar-refractivity contribution in [2.45, 2.75) is 13.5 Å². The van der Waals surface area contributed by atoms with Gasteiger partial charge in [-0.25, -0.2) is 14.4 Å². The van der Waals surface area contributed by atoms with Crippen LogP contribution in [0.3, 0.4) is 0 Å². The molecule has 24 heavy (non-hydrogen) atoms. The van der Waals surface area contributed by atoms with Crippen LogP contribution in [-0.2, 0) is 6.54 Å². The molecule has 0 radical (unpaired) electrons. The van der Waals surface area contributed by atoms with Crippen molar-refractivity contribution in [2.75, 3.05) is 5.73 Å². The molecular formula is C17H16FN5O. The minimum Gasteiger partial charge on any atom is -0.368 e. The molecule has 0 aliphatic carbocycles. The molecule has 3 aromatic rings. The van der Waals surface area contributed by atoms with Gasteiger partial charge in [0.1, 0.15) is 11.5 Å². The van der Waals surface area contributed by atoms with E-state index in [4.69, 9.17) is 5.73 Å². The number of H-pyrrole nitrogens is 1. The van der Waals surface area contributed by atoms with Crippen molar-refractivity contribution in [1.29, 1.82) is 0 Å². The molecule has 7 heteroatoms. The number of nitrogens with two attached hydrogens (primary N) is 1. The van der Waals surface area contributed by atoms with E-state index in [0.717, 1.165) is 16.7 Å². The topological polar surface area (TPSA) is 96.7 Å². The second-order valence-corrected chi connectivity index (χ2v) is 5.37. The number of hydrogen-bond donors (Lipinski definition) is 3. The van der Waals surface area contributed by atoms with Gasteiger partial charge in [-0.1, -0.05) is 12.1 Å². The average molecular weight is 325 g/mol. The fourth-order valence-corrected chi connectivity index (χ4v) is 2.29. The molecule has 0 atom stereocenters. The van der Waals surface area contributed by atoms with Crippen molar-refractivity contribution >= 4 is 11.9 Å². The van der Waals surface area contributed by atoms with Crippen LogP contribution in [0.4, 0.5) is 10.3 Å². The SMILES string of the molecule is Cc1cnc(N)nc1-c1c[nH]c(C(=O)NCc2ccc(F)cc2)c1. The number of nitrogen functional groups attached to an aromatic ring is 1. The quantitative estimate of drug-likeness (QED) is 0.686. The number of nitrogens with zero attached hydrogens (tertiary/aromatic N) is 2. The Bertz CT molecular complexity index is 873. The van der Waals surface area contributed by atoms with E-state index >= 15 is 0 Å². The molecular weight excluding hydrogens is 309 g/mol. The molecule has 3 rings (SSSR count). The lowest BCUT2D eigenvalue weighted by molar-refractivity contribution is 0.0946. The number of aromatic amines is 1. The summed E-state index contributed by atoms with van der Waals surface area (Å²) in [5, 5.41) is 2.78. The standard InChI is InChI=1S/C17H16FN5O/c1-10-7-22-17(19)23-15(10)12-6-14(20-9-12)16(24)21-8-11-2-4-13(18)5-3-11/h2-7,9,20H,8H2,1H3,(H,21,24)(H2,19,22,23). The van der Waals surface area contributed by atoms with E-state index in [1.165, 1.54) is 12.1 Å². The summed E-state index contributed by atoms with van der Waals surface area (Å²) in [7, 11) is 0. The van der Waals surface area contributed by atoms with Crippen molar-refractivity contribution in [3.05, 3.63) is 65.4 Å². The summed E-state index contributed by atoms with van der Waals surface area (Å²) in [6.45, 7) is 2.18. The van der Waals surface area contributed by atoms with Crippen LogP contribution in [-0.4, -0.2) is 20.9 Å². The van der Waals surface area contributed by atoms with Gasteiger partial charge in [0, 0.05) is 24.5 Å². The summed E-state index contributed by atoms with van der Waals surface area (Å²) in [6, 6.07) is 7.67. The van der Waals surface area contributed by atoms with Crippen molar-refractivity contribution in [3.63, 3.8) is 0 Å². The maximum atomic E-state index is 12.9. The number of nitrogens with one attached hydrogen (secondary N) is 2. The number of aromatic nitrogens is 3. The summed E-state index contributed by atoms with van der Waals surface area (Å²) in [6.07, 6.45) is 3.33. The first-order valence-electron chi connectivity index (χ1n) is 7.33. The number of rotatable bonds is 4. The number of carbonyl (C=O) groups is 1. The highest BCUT2D eigenvalue weighted by atomic mass is 19.1. The lowest BCUT2D eigenvalue weighted by atomic mass is 10.1. The van der Waals surface area contributed by atoms with E-state index in [2.05, 4.69) is 20.3 Å². The maximum absolute atomic E-state index is 12.9. The maximum Gasteiger partial charge on any atom is 0.267 e. The number of amides is 1. The lowest BCUT2D eigenvalue weighted by Crippen LogP contribution is -2.23. The molecule has 0 fully saturated rings. The highest BCUT2D eigenvalue weighted by molar-refractivity contribution is 5.93. The molecule has 0 aliphatic rings. The van der Waals surface area contributed by atoms with Gasteiger partial charge in [0.05, 0.1) is 5.69 Å². The van der Waals surface area contributed by atoms with E-state index in [-0.39, 0.29) is 17.7 Å². The normalized spacial score (nSPS) is 10.6. The summed E-state index contributed by atoms with van der Waals surface area (Å²) in [5.41, 5.74) is 9.14. The zero-order valence-electron chi connectivity index (χ0n) is 13.0. The highest BCUT2D eigenvalue weighted by Crippen LogP contribution is 2.22. The fourth-order valence-electron chi connectivity index (χ4n) is 2.29. The molecule has 0 saturated carbocycles. The Morgan fingerprint density at radius 3 is 2.83 bits per heavy atom. The monoisotopic (exact) mass is 325 g/mol. The number of halogens is 1. The Morgan fingerprint density at radius 2 is 2.08 bits per heavy atom. The smallest absolute Gasteiger partial charge is 0.267 e. The third-order valence-electron chi connectivity index (χ3n) is 3.56. The number of aryl methyl sites for hydroxylation is 1. The first-order chi connectivity index (χ1) is 11.5. The largest absolute Gasteiger partial charge is 0.368 e. The Morgan fingerprint density at radius 1 is 1.33 bits per heavy atom. The minimum atomic E-state index is -0.307. The first-order valence-corrected chi connectivity index (χ1v) is 7.33. The summed E-state index contributed by atoms with van der Waals surface area (Å²) < 4.78 is 12.9. The van der Waals surface area contributed by atoms with Gasteiger partial charge in [-0.15, -0.1) is 0 Å². The molecule has 0 aliphatic heterocycles. The van der Waals surface area contributed by atoms with Crippen molar-refractivity contribution in [2.24, 2.45) is 0 Å². The fraction of sp³-hybridized carbons (Fsp3) is 0.118. The van der Waals surface area contributed by atoms with Crippen molar-refractivity contribution in [3.8, 4) is 11.3 Å². The molecule has 0 spiro atoms. The van der Waals surface area contributed by atoms with Crippen LogP contribution < -0.4 is 11.1 Å². The van der Waals surface area contributed by atoms with E-state index < -0.39 is 0 Å². The molecule has 1 amide bonds. The summed E-state index contributed by atoms with van der Waals surface area (Å²) in [5.74, 6) is -0.386. The van der Waals surface area contributed by atoms with Crippen LogP contribution in [0.15, 0.2) is 42.7 Å². The number of benzene rings is 1. The molecule has 1 aromatic carbocycles. The zero-order chi connectivity index (χ0) is 17.1. The molecule has 2 heterocycles. The zero-order valence-corrected chi connectivity index (χ0v) is 13.0. The Kier molecular flexibility index (Phi) is 4.24. The van der Waals surface area contributed by atoms with E-state index in [0.29, 0.717) is 17.9 Å². The molecule has 4 N–H and O–H groups in total. The van der Waals surface area contributed by atoms with Gasteiger partial charge < -0.3 is 16.0 Å². The Hall–Kier alpha value is -3.22. The third-order valence-corrected chi connectivity index (χ3v) is 3.56. The first kappa shape index (κ1) is 15.7. The van der Waals surface area contributed by atoms with Crippen LogP contribution in [0.25, 0.3) is 11.3 Å². The third kappa shape index (κ3) is 3.40. The summed E-state index contributed by atoms with van der Waals surface area (Å²) >= 11 is 0. The average Bonchev–Trinajstić information content (AvgIpc) is 3.06. The number of carbonyl (C=O) groups excluding carboxylic acids is 1. The highest BCUT2D eigenvalue weighted by Gasteiger charge is 2.12. The second kappa shape index (κ2) is 6.49. The number of hydrogen-bond acceptors (Lipinski definition) is 4. The van der Waals surface area contributed by atoms with Crippen LogP contribution in [0, 0.1) is 12.7 Å². The molecule has 0 bridgehead atoms.